The number of rotatable bonds is 14. The van der Waals surface area contributed by atoms with Crippen LogP contribution in [0.2, 0.25) is 0 Å². The van der Waals surface area contributed by atoms with Gasteiger partial charge in [0.2, 0.25) is 12.2 Å². The number of ketones is 1. The van der Waals surface area contributed by atoms with Crippen molar-refractivity contribution in [3.05, 3.63) is 99.4 Å². The first-order valence-electron chi connectivity index (χ1n) is 24.5. The van der Waals surface area contributed by atoms with Crippen LogP contribution in [0.1, 0.15) is 114 Å². The second kappa shape index (κ2) is 19.0. The fourth-order valence-electron chi connectivity index (χ4n) is 11.3. The number of aliphatic hydroxyl groups excluding tert-OH is 4. The second-order valence-corrected chi connectivity index (χ2v) is 20.8. The van der Waals surface area contributed by atoms with Crippen LogP contribution < -0.4 is 24.3 Å². The van der Waals surface area contributed by atoms with Gasteiger partial charge in [0.25, 0.3) is 0 Å². The molecule has 384 valence electrons. The highest BCUT2D eigenvalue weighted by molar-refractivity contribution is 6.02. The van der Waals surface area contributed by atoms with Gasteiger partial charge in [-0.25, -0.2) is 19.3 Å². The lowest BCUT2D eigenvalue weighted by Gasteiger charge is -2.64. The number of aliphatic hydroxyl groups is 5. The van der Waals surface area contributed by atoms with E-state index in [1.165, 1.54) is 37.5 Å². The van der Waals surface area contributed by atoms with E-state index in [1.54, 1.807) is 17.9 Å². The minimum absolute atomic E-state index is 0.0648. The van der Waals surface area contributed by atoms with Crippen LogP contribution in [-0.2, 0) is 25.5 Å². The molecule has 1 spiro atoms. The Kier molecular flexibility index (Phi) is 13.4. The van der Waals surface area contributed by atoms with Gasteiger partial charge in [-0.2, -0.15) is 0 Å². The van der Waals surface area contributed by atoms with Gasteiger partial charge in [0.15, 0.2) is 22.7 Å². The smallest absolute Gasteiger partial charge is 0.343 e. The Balaban J connectivity index is 1.25. The summed E-state index contributed by atoms with van der Waals surface area (Å²) in [4.78, 5) is 47.5. The third kappa shape index (κ3) is 8.34. The molecule has 3 aliphatic carbocycles. The first-order valence-corrected chi connectivity index (χ1v) is 24.5. The fraction of sp³-hybridized carbons (Fsp3) is 0.500. The van der Waals surface area contributed by atoms with E-state index in [-0.39, 0.29) is 53.1 Å². The monoisotopic (exact) mass is 992 g/mol. The first kappa shape index (κ1) is 50.8. The van der Waals surface area contributed by atoms with Crippen LogP contribution in [0.25, 0.3) is 11.8 Å². The van der Waals surface area contributed by atoms with Crippen molar-refractivity contribution in [1.29, 1.82) is 0 Å². The minimum atomic E-state index is -2.25. The maximum Gasteiger partial charge on any atom is 0.343 e. The number of anilines is 1. The molecule has 3 aromatic rings. The summed E-state index contributed by atoms with van der Waals surface area (Å²) >= 11 is 0. The van der Waals surface area contributed by atoms with Crippen LogP contribution in [-0.4, -0.2) is 119 Å². The van der Waals surface area contributed by atoms with E-state index in [1.807, 2.05) is 66.7 Å². The van der Waals surface area contributed by atoms with Crippen LogP contribution in [0.3, 0.4) is 0 Å². The molecule has 1 aromatic heterocycles. The number of allylic oxidation sites excluding steroid dienone is 4. The standard InChI is InChI=1S/C54H64N4O14/c1-26(2)11-10-20-52(8)21-19-33-44(71-52)32(17-12-27(3)4)46-37(45(33)70-49(65)30-13-15-31(16-14-30)68-50-43(62)42(61)41(60)36(24-59)69-50)39-38-40(58-25-55-51(56-39)57-58)34-23-35(28(5)6)54(38,72-46)53(66,47(34)63)22-18-29(7)48(64)67-9/h11-16,18-19,21,25,28,34-36,40-43,50,59-62,66H,10,17,20,22-24H2,1-9H3,(H,56,57)/b29-18-/t34?,35?,36-,40?,41-,42+,43-,50-,52?,53?,54?/m1/s1. The predicted octanol–water partition coefficient (Wildman–Crippen LogP) is 5.72. The molecule has 11 atom stereocenters. The van der Waals surface area contributed by atoms with Crippen LogP contribution in [0, 0.1) is 17.8 Å². The van der Waals surface area contributed by atoms with Crippen molar-refractivity contribution in [3.63, 3.8) is 0 Å². The van der Waals surface area contributed by atoms with Crippen LogP contribution in [0.15, 0.2) is 77.2 Å². The summed E-state index contributed by atoms with van der Waals surface area (Å²) in [6.45, 7) is 15.0. The number of fused-ring (bicyclic) bond motifs is 7. The van der Waals surface area contributed by atoms with Crippen molar-refractivity contribution < 1.29 is 68.3 Å². The Bertz CT molecular complexity index is 2840. The quantitative estimate of drug-likeness (QED) is 0.0489. The summed E-state index contributed by atoms with van der Waals surface area (Å²) in [6, 6.07) is 4.99. The molecule has 6 unspecified atom stereocenters. The van der Waals surface area contributed by atoms with Gasteiger partial charge in [0, 0.05) is 35.0 Å². The number of hydrogen-bond acceptors (Lipinski definition) is 17. The number of benzene rings is 2. The molecule has 0 amide bonds. The number of hydrogen-bond donors (Lipinski definition) is 6. The van der Waals surface area contributed by atoms with E-state index in [4.69, 9.17) is 33.5 Å². The molecule has 2 aromatic carbocycles. The Labute approximate surface area is 417 Å². The lowest BCUT2D eigenvalue weighted by Crippen LogP contribution is -2.78. The molecule has 7 aliphatic rings. The summed E-state index contributed by atoms with van der Waals surface area (Å²) in [7, 11) is 1.27. The van der Waals surface area contributed by atoms with Crippen molar-refractivity contribution in [2.24, 2.45) is 17.8 Å². The Morgan fingerprint density at radius 1 is 0.986 bits per heavy atom. The van der Waals surface area contributed by atoms with E-state index in [2.05, 4.69) is 16.4 Å². The lowest BCUT2D eigenvalue weighted by atomic mass is 9.46. The van der Waals surface area contributed by atoms with E-state index in [9.17, 15) is 35.1 Å². The minimum Gasteiger partial charge on any atom is -0.482 e. The van der Waals surface area contributed by atoms with Crippen LogP contribution in [0.4, 0.5) is 5.95 Å². The molecule has 4 fully saturated rings. The average molecular weight is 993 g/mol. The Hall–Kier alpha value is -6.15. The molecule has 5 heterocycles. The number of methoxy groups -OCH3 is 1. The normalized spacial score (nSPS) is 30.7. The average Bonchev–Trinajstić information content (AvgIpc) is 3.74. The van der Waals surface area contributed by atoms with E-state index in [0.29, 0.717) is 53.0 Å². The fourth-order valence-corrected chi connectivity index (χ4v) is 11.3. The lowest BCUT2D eigenvalue weighted by molar-refractivity contribution is -0.277. The highest BCUT2D eigenvalue weighted by Gasteiger charge is 2.76. The molecule has 10 rings (SSSR count). The first-order chi connectivity index (χ1) is 34.2. The number of Topliss-reactive ketones (excluding diaryl/α,β-unsaturated/α-hetero) is 1. The molecule has 18 nitrogen and oxygen atoms in total. The van der Waals surface area contributed by atoms with E-state index >= 15 is 4.79 Å². The van der Waals surface area contributed by atoms with Gasteiger partial charge in [-0.05, 0) is 110 Å². The third-order valence-corrected chi connectivity index (χ3v) is 15.0. The Morgan fingerprint density at radius 3 is 2.38 bits per heavy atom. The zero-order chi connectivity index (χ0) is 51.8. The SMILES string of the molecule is COC(=O)/C(C)=C\CC1(O)C(=O)C2CC(C(C)C)C13Oc1c(CC=C(C)C)c4c(c(OC(=O)c5ccc(O[C@@H]6O[C@H](CO)[C@@H](O)[C@H](O)[C@H]6O)cc5)c1C1=C3C2n2cnc(n2)N1)C=CC(C)(CCC=C(C)C)O4. The topological polar surface area (TPSA) is 250 Å². The molecule has 6 N–H and O–H groups in total. The van der Waals surface area contributed by atoms with Gasteiger partial charge in [-0.3, -0.25) is 4.79 Å². The molecule has 18 heteroatoms. The maximum atomic E-state index is 15.3. The van der Waals surface area contributed by atoms with Crippen LogP contribution >= 0.6 is 0 Å². The predicted molar refractivity (Wildman–Crippen MR) is 262 cm³/mol. The van der Waals surface area contributed by atoms with Crippen molar-refractivity contribution in [2.75, 3.05) is 19.0 Å². The number of carbonyl (C=O) groups is 3. The summed E-state index contributed by atoms with van der Waals surface area (Å²) in [6.07, 6.45) is 5.16. The summed E-state index contributed by atoms with van der Waals surface area (Å²) in [5.41, 5.74) is -0.185. The van der Waals surface area contributed by atoms with Gasteiger partial charge in [-0.15, -0.1) is 5.10 Å². The van der Waals surface area contributed by atoms with Crippen molar-refractivity contribution >= 4 is 35.4 Å². The third-order valence-electron chi connectivity index (χ3n) is 15.0. The molecular weight excluding hydrogens is 929 g/mol. The number of ether oxygens (including phenoxy) is 6. The summed E-state index contributed by atoms with van der Waals surface area (Å²) in [5, 5.41) is 62.8. The molecule has 4 bridgehead atoms. The summed E-state index contributed by atoms with van der Waals surface area (Å²) in [5.74, 6) is -2.34. The second-order valence-electron chi connectivity index (χ2n) is 20.8. The largest absolute Gasteiger partial charge is 0.482 e. The molecule has 1 saturated heterocycles. The van der Waals surface area contributed by atoms with Crippen molar-refractivity contribution in [2.45, 2.75) is 141 Å². The number of carbonyl (C=O) groups excluding carboxylic acids is 3. The highest BCUT2D eigenvalue weighted by atomic mass is 16.7. The van der Waals surface area contributed by atoms with Crippen molar-refractivity contribution in [1.82, 2.24) is 14.8 Å². The molecule has 3 saturated carbocycles. The Morgan fingerprint density at radius 2 is 1.71 bits per heavy atom. The van der Waals surface area contributed by atoms with Crippen LogP contribution in [0.5, 0.6) is 23.0 Å². The maximum absolute atomic E-state index is 15.3. The number of esters is 2. The van der Waals surface area contributed by atoms with Gasteiger partial charge in [0.05, 0.1) is 42.1 Å². The number of aromatic nitrogens is 3. The molecular formula is C54H64N4O14. The number of nitrogens with one attached hydrogen (secondary N) is 1. The van der Waals surface area contributed by atoms with Gasteiger partial charge in [0.1, 0.15) is 53.6 Å². The van der Waals surface area contributed by atoms with Crippen molar-refractivity contribution in [3.8, 4) is 23.0 Å². The molecule has 0 radical (unpaired) electrons. The van der Waals surface area contributed by atoms with Gasteiger partial charge < -0.3 is 59.3 Å². The molecule has 4 aliphatic heterocycles. The van der Waals surface area contributed by atoms with E-state index < -0.39 is 89.7 Å². The van der Waals surface area contributed by atoms with Gasteiger partial charge in [-0.1, -0.05) is 43.2 Å². The number of nitrogens with zero attached hydrogens (tertiary/aromatic N) is 3. The molecule has 72 heavy (non-hydrogen) atoms. The summed E-state index contributed by atoms with van der Waals surface area (Å²) < 4.78 is 39.5. The zero-order valence-electron chi connectivity index (χ0n) is 42.0. The highest BCUT2D eigenvalue weighted by Crippen LogP contribution is 2.68. The van der Waals surface area contributed by atoms with Gasteiger partial charge >= 0.3 is 11.9 Å². The van der Waals surface area contributed by atoms with E-state index in [0.717, 1.165) is 11.1 Å². The zero-order valence-corrected chi connectivity index (χ0v) is 42.0.